The van der Waals surface area contributed by atoms with Gasteiger partial charge in [-0.25, -0.2) is 8.42 Å². The van der Waals surface area contributed by atoms with Gasteiger partial charge in [0, 0.05) is 31.7 Å². The SMILES string of the molecule is COc1ccc(S(=O)(=O)N2CCN[C@H](C)C2)cc1OC. The number of nitrogens with zero attached hydrogens (tertiary/aromatic N) is 1. The molecule has 20 heavy (non-hydrogen) atoms. The quantitative estimate of drug-likeness (QED) is 0.886. The van der Waals surface area contributed by atoms with Gasteiger partial charge in [0.2, 0.25) is 10.0 Å². The van der Waals surface area contributed by atoms with Gasteiger partial charge >= 0.3 is 0 Å². The molecule has 0 aromatic heterocycles. The number of methoxy groups -OCH3 is 2. The number of hydrogen-bond acceptors (Lipinski definition) is 5. The summed E-state index contributed by atoms with van der Waals surface area (Å²) < 4.78 is 37.0. The number of sulfonamides is 1. The Balaban J connectivity index is 2.34. The molecule has 1 aliphatic rings. The molecule has 0 amide bonds. The third-order valence-electron chi connectivity index (χ3n) is 3.32. The molecular formula is C13H20N2O4S. The number of hydrogen-bond donors (Lipinski definition) is 1. The molecular weight excluding hydrogens is 280 g/mol. The first kappa shape index (κ1) is 15.1. The molecule has 1 aliphatic heterocycles. The molecule has 6 nitrogen and oxygen atoms in total. The molecule has 7 heteroatoms. The summed E-state index contributed by atoms with van der Waals surface area (Å²) in [5.74, 6) is 0.928. The minimum absolute atomic E-state index is 0.152. The molecule has 112 valence electrons. The highest BCUT2D eigenvalue weighted by atomic mass is 32.2. The van der Waals surface area contributed by atoms with Crippen molar-refractivity contribution in [3.8, 4) is 11.5 Å². The predicted octanol–water partition coefficient (Wildman–Crippen LogP) is 0.686. The van der Waals surface area contributed by atoms with E-state index in [2.05, 4.69) is 5.32 Å². The van der Waals surface area contributed by atoms with E-state index in [9.17, 15) is 8.42 Å². The van der Waals surface area contributed by atoms with E-state index < -0.39 is 10.0 Å². The van der Waals surface area contributed by atoms with Crippen LogP contribution in [-0.4, -0.2) is 52.6 Å². The van der Waals surface area contributed by atoms with Crippen molar-refractivity contribution >= 4 is 10.0 Å². The van der Waals surface area contributed by atoms with E-state index in [1.807, 2.05) is 6.92 Å². The first-order valence-electron chi connectivity index (χ1n) is 6.44. The van der Waals surface area contributed by atoms with Gasteiger partial charge in [0.1, 0.15) is 0 Å². The highest BCUT2D eigenvalue weighted by molar-refractivity contribution is 7.89. The highest BCUT2D eigenvalue weighted by Gasteiger charge is 2.29. The Morgan fingerprint density at radius 2 is 1.95 bits per heavy atom. The average Bonchev–Trinajstić information content (AvgIpc) is 2.46. The molecule has 0 saturated carbocycles. The zero-order chi connectivity index (χ0) is 14.8. The van der Waals surface area contributed by atoms with Crippen molar-refractivity contribution in [1.29, 1.82) is 0 Å². The van der Waals surface area contributed by atoms with E-state index in [0.717, 1.165) is 0 Å². The standard InChI is InChI=1S/C13H20N2O4S/c1-10-9-15(7-6-14-10)20(16,17)11-4-5-12(18-2)13(8-11)19-3/h4-5,8,10,14H,6-7,9H2,1-3H3/t10-/m1/s1. The maximum absolute atomic E-state index is 12.6. The van der Waals surface area contributed by atoms with Crippen molar-refractivity contribution in [3.63, 3.8) is 0 Å². The maximum atomic E-state index is 12.6. The van der Waals surface area contributed by atoms with E-state index in [4.69, 9.17) is 9.47 Å². The molecule has 2 rings (SSSR count). The molecule has 1 N–H and O–H groups in total. The first-order chi connectivity index (χ1) is 9.48. The van der Waals surface area contributed by atoms with Gasteiger partial charge in [-0.2, -0.15) is 4.31 Å². The normalized spacial score (nSPS) is 20.6. The summed E-state index contributed by atoms with van der Waals surface area (Å²) in [6.45, 7) is 3.57. The van der Waals surface area contributed by atoms with E-state index in [1.54, 1.807) is 12.1 Å². The Morgan fingerprint density at radius 1 is 1.25 bits per heavy atom. The van der Waals surface area contributed by atoms with Gasteiger partial charge < -0.3 is 14.8 Å². The molecule has 1 atom stereocenters. The fraction of sp³-hybridized carbons (Fsp3) is 0.538. The van der Waals surface area contributed by atoms with Crippen LogP contribution in [0, 0.1) is 0 Å². The van der Waals surface area contributed by atoms with Crippen molar-refractivity contribution in [3.05, 3.63) is 18.2 Å². The van der Waals surface area contributed by atoms with E-state index in [1.165, 1.54) is 24.6 Å². The van der Waals surface area contributed by atoms with Crippen molar-refractivity contribution in [2.75, 3.05) is 33.9 Å². The molecule has 1 aromatic carbocycles. The van der Waals surface area contributed by atoms with Gasteiger partial charge in [-0.3, -0.25) is 0 Å². The van der Waals surface area contributed by atoms with Gasteiger partial charge in [0.25, 0.3) is 0 Å². The van der Waals surface area contributed by atoms with Crippen LogP contribution in [0.25, 0.3) is 0 Å². The molecule has 0 bridgehead atoms. The number of rotatable bonds is 4. The minimum atomic E-state index is -3.49. The van der Waals surface area contributed by atoms with E-state index in [0.29, 0.717) is 31.1 Å². The third kappa shape index (κ3) is 2.89. The minimum Gasteiger partial charge on any atom is -0.493 e. The Morgan fingerprint density at radius 3 is 2.55 bits per heavy atom. The fourth-order valence-electron chi connectivity index (χ4n) is 2.24. The number of benzene rings is 1. The van der Waals surface area contributed by atoms with Gasteiger partial charge in [0.15, 0.2) is 11.5 Å². The van der Waals surface area contributed by atoms with E-state index >= 15 is 0 Å². The molecule has 1 saturated heterocycles. The molecule has 0 aliphatic carbocycles. The summed E-state index contributed by atoms with van der Waals surface area (Å²) in [5, 5.41) is 3.23. The number of ether oxygens (including phenoxy) is 2. The van der Waals surface area contributed by atoms with Crippen molar-refractivity contribution in [2.24, 2.45) is 0 Å². The third-order valence-corrected chi connectivity index (χ3v) is 5.19. The zero-order valence-electron chi connectivity index (χ0n) is 11.9. The summed E-state index contributed by atoms with van der Waals surface area (Å²) in [6, 6.07) is 4.81. The Labute approximate surface area is 119 Å². The summed E-state index contributed by atoms with van der Waals surface area (Å²) >= 11 is 0. The second-order valence-electron chi connectivity index (χ2n) is 4.74. The molecule has 0 unspecified atom stereocenters. The van der Waals surface area contributed by atoms with Crippen LogP contribution in [-0.2, 0) is 10.0 Å². The van der Waals surface area contributed by atoms with E-state index in [-0.39, 0.29) is 10.9 Å². The lowest BCUT2D eigenvalue weighted by Gasteiger charge is -2.31. The van der Waals surface area contributed by atoms with Crippen LogP contribution in [0.1, 0.15) is 6.92 Å². The van der Waals surface area contributed by atoms with Crippen LogP contribution in [0.4, 0.5) is 0 Å². The predicted molar refractivity (Wildman–Crippen MR) is 75.8 cm³/mol. The number of piperazine rings is 1. The largest absolute Gasteiger partial charge is 0.493 e. The summed E-state index contributed by atoms with van der Waals surface area (Å²) in [6.07, 6.45) is 0. The van der Waals surface area contributed by atoms with Crippen LogP contribution in [0.15, 0.2) is 23.1 Å². The zero-order valence-corrected chi connectivity index (χ0v) is 12.7. The Bertz CT molecular complexity index is 574. The van der Waals surface area contributed by atoms with Crippen LogP contribution in [0.2, 0.25) is 0 Å². The monoisotopic (exact) mass is 300 g/mol. The molecule has 0 radical (unpaired) electrons. The summed E-state index contributed by atoms with van der Waals surface area (Å²) in [5.41, 5.74) is 0. The smallest absolute Gasteiger partial charge is 0.243 e. The molecule has 0 spiro atoms. The molecule has 1 heterocycles. The lowest BCUT2D eigenvalue weighted by atomic mass is 10.3. The van der Waals surface area contributed by atoms with Crippen LogP contribution in [0.3, 0.4) is 0 Å². The topological polar surface area (TPSA) is 67.9 Å². The van der Waals surface area contributed by atoms with Crippen LogP contribution < -0.4 is 14.8 Å². The maximum Gasteiger partial charge on any atom is 0.243 e. The Hall–Kier alpha value is -1.31. The van der Waals surface area contributed by atoms with Gasteiger partial charge in [0.05, 0.1) is 19.1 Å². The fourth-order valence-corrected chi connectivity index (χ4v) is 3.79. The highest BCUT2D eigenvalue weighted by Crippen LogP contribution is 2.30. The first-order valence-corrected chi connectivity index (χ1v) is 7.88. The van der Waals surface area contributed by atoms with Crippen LogP contribution in [0.5, 0.6) is 11.5 Å². The van der Waals surface area contributed by atoms with Crippen molar-refractivity contribution < 1.29 is 17.9 Å². The van der Waals surface area contributed by atoms with Crippen molar-refractivity contribution in [2.45, 2.75) is 17.9 Å². The second-order valence-corrected chi connectivity index (χ2v) is 6.67. The second kappa shape index (κ2) is 5.99. The molecule has 1 fully saturated rings. The lowest BCUT2D eigenvalue weighted by Crippen LogP contribution is -2.51. The van der Waals surface area contributed by atoms with Crippen molar-refractivity contribution in [1.82, 2.24) is 9.62 Å². The number of nitrogens with one attached hydrogen (secondary N) is 1. The summed E-state index contributed by atoms with van der Waals surface area (Å²) in [7, 11) is -0.490. The Kier molecular flexibility index (Phi) is 4.52. The van der Waals surface area contributed by atoms with Crippen LogP contribution >= 0.6 is 0 Å². The van der Waals surface area contributed by atoms with Gasteiger partial charge in [-0.1, -0.05) is 0 Å². The van der Waals surface area contributed by atoms with Gasteiger partial charge in [-0.05, 0) is 19.1 Å². The summed E-state index contributed by atoms with van der Waals surface area (Å²) in [4.78, 5) is 0.226. The average molecular weight is 300 g/mol. The molecule has 1 aromatic rings. The lowest BCUT2D eigenvalue weighted by molar-refractivity contribution is 0.310. The van der Waals surface area contributed by atoms with Gasteiger partial charge in [-0.15, -0.1) is 0 Å².